The number of carbonyl (C=O) groups is 1. The van der Waals surface area contributed by atoms with Crippen molar-refractivity contribution >= 4 is 11.9 Å². The molecule has 82 valence electrons. The average molecular weight is 211 g/mol. The highest BCUT2D eigenvalue weighted by atomic mass is 16.5. The number of carboxylic acids is 1. The molecule has 6 heteroatoms. The van der Waals surface area contributed by atoms with Crippen molar-refractivity contribution < 1.29 is 14.6 Å². The van der Waals surface area contributed by atoms with E-state index in [4.69, 9.17) is 9.84 Å². The fraction of sp³-hybridized carbons (Fsp3) is 0.444. The molecule has 0 amide bonds. The molecule has 0 aromatic carbocycles. The van der Waals surface area contributed by atoms with Gasteiger partial charge in [-0.25, -0.2) is 4.98 Å². The Morgan fingerprint density at radius 1 is 1.60 bits per heavy atom. The van der Waals surface area contributed by atoms with Gasteiger partial charge in [-0.15, -0.1) is 0 Å². The molecule has 2 N–H and O–H groups in total. The molecule has 0 unspecified atom stereocenters. The lowest BCUT2D eigenvalue weighted by Crippen LogP contribution is -2.10. The van der Waals surface area contributed by atoms with Gasteiger partial charge in [0.2, 0.25) is 11.8 Å². The van der Waals surface area contributed by atoms with Crippen LogP contribution in [0.2, 0.25) is 0 Å². The molecule has 0 spiro atoms. The van der Waals surface area contributed by atoms with Crippen molar-refractivity contribution in [2.75, 3.05) is 19.0 Å². The van der Waals surface area contributed by atoms with Crippen LogP contribution >= 0.6 is 0 Å². The lowest BCUT2D eigenvalue weighted by atomic mass is 10.4. The summed E-state index contributed by atoms with van der Waals surface area (Å²) in [6.45, 7) is 2.11. The van der Waals surface area contributed by atoms with Crippen LogP contribution in [0.5, 0.6) is 5.88 Å². The summed E-state index contributed by atoms with van der Waals surface area (Å²) in [5.41, 5.74) is 0.764. The molecule has 15 heavy (non-hydrogen) atoms. The maximum Gasteiger partial charge on any atom is 0.305 e. The van der Waals surface area contributed by atoms with E-state index in [0.717, 1.165) is 5.69 Å². The Labute approximate surface area is 87.3 Å². The van der Waals surface area contributed by atoms with Gasteiger partial charge in [0.05, 0.1) is 13.5 Å². The smallest absolute Gasteiger partial charge is 0.305 e. The number of rotatable bonds is 5. The van der Waals surface area contributed by atoms with E-state index < -0.39 is 5.97 Å². The molecule has 0 bridgehead atoms. The topological polar surface area (TPSA) is 84.3 Å². The van der Waals surface area contributed by atoms with Gasteiger partial charge in [-0.3, -0.25) is 4.79 Å². The first kappa shape index (κ1) is 11.2. The first-order chi connectivity index (χ1) is 7.11. The normalized spacial score (nSPS) is 9.73. The van der Waals surface area contributed by atoms with Crippen molar-refractivity contribution in [3.8, 4) is 5.88 Å². The summed E-state index contributed by atoms with van der Waals surface area (Å²) in [4.78, 5) is 18.4. The SMILES string of the molecule is COc1cc(C)nc(NCCC(=O)O)n1. The van der Waals surface area contributed by atoms with Crippen molar-refractivity contribution in [3.63, 3.8) is 0 Å². The molecule has 1 aromatic rings. The molecule has 0 saturated carbocycles. The average Bonchev–Trinajstić information content (AvgIpc) is 2.16. The Balaban J connectivity index is 2.60. The minimum absolute atomic E-state index is 0.0274. The second-order valence-electron chi connectivity index (χ2n) is 2.95. The van der Waals surface area contributed by atoms with Crippen LogP contribution < -0.4 is 10.1 Å². The molecule has 1 heterocycles. The zero-order chi connectivity index (χ0) is 11.3. The Hall–Kier alpha value is -1.85. The predicted molar refractivity (Wildman–Crippen MR) is 54.1 cm³/mol. The number of hydrogen-bond donors (Lipinski definition) is 2. The molecular weight excluding hydrogens is 198 g/mol. The fourth-order valence-corrected chi connectivity index (χ4v) is 1.00. The van der Waals surface area contributed by atoms with Crippen LogP contribution in [0.25, 0.3) is 0 Å². The summed E-state index contributed by atoms with van der Waals surface area (Å²) in [6.07, 6.45) is 0.0274. The van der Waals surface area contributed by atoms with Gasteiger partial charge in [0.25, 0.3) is 0 Å². The lowest BCUT2D eigenvalue weighted by Gasteiger charge is -2.05. The summed E-state index contributed by atoms with van der Waals surface area (Å²) >= 11 is 0. The molecular formula is C9H13N3O3. The third-order valence-electron chi connectivity index (χ3n) is 1.66. The summed E-state index contributed by atoms with van der Waals surface area (Å²) in [5, 5.41) is 11.2. The first-order valence-corrected chi connectivity index (χ1v) is 4.47. The van der Waals surface area contributed by atoms with Gasteiger partial charge >= 0.3 is 5.97 Å². The van der Waals surface area contributed by atoms with Crippen molar-refractivity contribution in [2.24, 2.45) is 0 Å². The number of anilines is 1. The van der Waals surface area contributed by atoms with Crippen LogP contribution in [0.3, 0.4) is 0 Å². The largest absolute Gasteiger partial charge is 0.481 e. The van der Waals surface area contributed by atoms with Crippen LogP contribution in [-0.2, 0) is 4.79 Å². The monoisotopic (exact) mass is 211 g/mol. The van der Waals surface area contributed by atoms with E-state index >= 15 is 0 Å². The number of carboxylic acid groups (broad SMARTS) is 1. The van der Waals surface area contributed by atoms with Crippen molar-refractivity contribution in [2.45, 2.75) is 13.3 Å². The summed E-state index contributed by atoms with van der Waals surface area (Å²) in [7, 11) is 1.52. The number of methoxy groups -OCH3 is 1. The number of aromatic nitrogens is 2. The van der Waals surface area contributed by atoms with Crippen LogP contribution in [-0.4, -0.2) is 34.7 Å². The lowest BCUT2D eigenvalue weighted by molar-refractivity contribution is -0.136. The Bertz CT molecular complexity index is 354. The summed E-state index contributed by atoms with van der Waals surface area (Å²) < 4.78 is 4.96. The molecule has 0 atom stereocenters. The van der Waals surface area contributed by atoms with Gasteiger partial charge in [0.15, 0.2) is 0 Å². The Morgan fingerprint density at radius 3 is 2.93 bits per heavy atom. The van der Waals surface area contributed by atoms with E-state index in [0.29, 0.717) is 18.4 Å². The van der Waals surface area contributed by atoms with Crippen molar-refractivity contribution in [1.82, 2.24) is 9.97 Å². The molecule has 0 saturated heterocycles. The maximum absolute atomic E-state index is 10.3. The van der Waals surface area contributed by atoms with Crippen molar-refractivity contribution in [1.29, 1.82) is 0 Å². The quantitative estimate of drug-likeness (QED) is 0.745. The third-order valence-corrected chi connectivity index (χ3v) is 1.66. The van der Waals surface area contributed by atoms with E-state index in [-0.39, 0.29) is 6.42 Å². The second kappa shape index (κ2) is 5.14. The highest BCUT2D eigenvalue weighted by Gasteiger charge is 2.02. The number of ether oxygens (including phenoxy) is 1. The minimum atomic E-state index is -0.859. The number of nitrogens with one attached hydrogen (secondary N) is 1. The molecule has 6 nitrogen and oxygen atoms in total. The van der Waals surface area contributed by atoms with Crippen LogP contribution in [0, 0.1) is 6.92 Å². The Kier molecular flexibility index (Phi) is 3.84. The van der Waals surface area contributed by atoms with Gasteiger partial charge in [-0.1, -0.05) is 0 Å². The van der Waals surface area contributed by atoms with E-state index in [2.05, 4.69) is 15.3 Å². The second-order valence-corrected chi connectivity index (χ2v) is 2.95. The van der Waals surface area contributed by atoms with Crippen LogP contribution in [0.15, 0.2) is 6.07 Å². The van der Waals surface area contributed by atoms with Gasteiger partial charge in [0, 0.05) is 18.3 Å². The Morgan fingerprint density at radius 2 is 2.33 bits per heavy atom. The summed E-state index contributed by atoms with van der Waals surface area (Å²) in [5.74, 6) is -0.0180. The molecule has 0 aliphatic heterocycles. The van der Waals surface area contributed by atoms with E-state index in [9.17, 15) is 4.79 Å². The van der Waals surface area contributed by atoms with Gasteiger partial charge < -0.3 is 15.2 Å². The van der Waals surface area contributed by atoms with Gasteiger partial charge in [-0.05, 0) is 6.92 Å². The van der Waals surface area contributed by atoms with Gasteiger partial charge in [0.1, 0.15) is 0 Å². The predicted octanol–water partition coefficient (Wildman–Crippen LogP) is 0.680. The number of hydrogen-bond acceptors (Lipinski definition) is 5. The fourth-order valence-electron chi connectivity index (χ4n) is 1.00. The number of aryl methyl sites for hydroxylation is 1. The zero-order valence-electron chi connectivity index (χ0n) is 8.65. The van der Waals surface area contributed by atoms with E-state index in [1.165, 1.54) is 7.11 Å². The third kappa shape index (κ3) is 3.80. The minimum Gasteiger partial charge on any atom is -0.481 e. The molecule has 0 radical (unpaired) electrons. The maximum atomic E-state index is 10.3. The molecule has 0 aliphatic rings. The number of aliphatic carboxylic acids is 1. The molecule has 0 fully saturated rings. The molecule has 1 aromatic heterocycles. The van der Waals surface area contributed by atoms with Crippen LogP contribution in [0.1, 0.15) is 12.1 Å². The molecule has 0 aliphatic carbocycles. The van der Waals surface area contributed by atoms with Crippen LogP contribution in [0.4, 0.5) is 5.95 Å². The van der Waals surface area contributed by atoms with E-state index in [1.54, 1.807) is 6.07 Å². The molecule has 1 rings (SSSR count). The highest BCUT2D eigenvalue weighted by molar-refractivity contribution is 5.67. The zero-order valence-corrected chi connectivity index (χ0v) is 8.65. The number of nitrogens with zero attached hydrogens (tertiary/aromatic N) is 2. The first-order valence-electron chi connectivity index (χ1n) is 4.47. The summed E-state index contributed by atoms with van der Waals surface area (Å²) in [6, 6.07) is 1.70. The van der Waals surface area contributed by atoms with Gasteiger partial charge in [-0.2, -0.15) is 4.98 Å². The van der Waals surface area contributed by atoms with Crippen molar-refractivity contribution in [3.05, 3.63) is 11.8 Å². The highest BCUT2D eigenvalue weighted by Crippen LogP contribution is 2.10. The standard InChI is InChI=1S/C9H13N3O3/c1-6-5-7(15-2)12-9(11-6)10-4-3-8(13)14/h5H,3-4H2,1-2H3,(H,13,14)(H,10,11,12). The van der Waals surface area contributed by atoms with E-state index in [1.807, 2.05) is 6.92 Å².